The van der Waals surface area contributed by atoms with E-state index in [1.165, 1.54) is 6.07 Å². The lowest BCUT2D eigenvalue weighted by molar-refractivity contribution is 0.171. The highest BCUT2D eigenvalue weighted by Gasteiger charge is 2.19. The van der Waals surface area contributed by atoms with Gasteiger partial charge in [0.25, 0.3) is 0 Å². The zero-order valence-electron chi connectivity index (χ0n) is 10.5. The van der Waals surface area contributed by atoms with Crippen molar-refractivity contribution in [1.82, 2.24) is 9.78 Å². The van der Waals surface area contributed by atoms with Gasteiger partial charge >= 0.3 is 0 Å². The summed E-state index contributed by atoms with van der Waals surface area (Å²) in [6, 6.07) is 4.58. The zero-order chi connectivity index (χ0) is 14.2. The lowest BCUT2D eigenvalue weighted by Gasteiger charge is -2.12. The minimum Gasteiger partial charge on any atom is -0.388 e. The first-order valence-corrected chi connectivity index (χ1v) is 6.88. The van der Waals surface area contributed by atoms with Crippen LogP contribution in [0.4, 0.5) is 4.39 Å². The van der Waals surface area contributed by atoms with E-state index in [1.807, 2.05) is 0 Å². The molecule has 0 bridgehead atoms. The molecule has 1 aromatic heterocycles. The fourth-order valence-electron chi connectivity index (χ4n) is 1.97. The van der Waals surface area contributed by atoms with Crippen LogP contribution in [0.15, 0.2) is 22.7 Å². The summed E-state index contributed by atoms with van der Waals surface area (Å²) in [5.74, 6) is -0.447. The quantitative estimate of drug-likeness (QED) is 0.922. The van der Waals surface area contributed by atoms with Gasteiger partial charge in [-0.25, -0.2) is 4.39 Å². The molecule has 0 saturated carbocycles. The molecule has 0 amide bonds. The maximum atomic E-state index is 13.8. The van der Waals surface area contributed by atoms with Gasteiger partial charge in [-0.05, 0) is 19.1 Å². The van der Waals surface area contributed by atoms with Crippen molar-refractivity contribution < 1.29 is 9.50 Å². The van der Waals surface area contributed by atoms with Crippen LogP contribution in [0.1, 0.15) is 23.1 Å². The molecule has 1 aromatic carbocycles. The molecule has 0 saturated heterocycles. The maximum absolute atomic E-state index is 13.8. The van der Waals surface area contributed by atoms with Gasteiger partial charge in [-0.1, -0.05) is 33.6 Å². The zero-order valence-corrected chi connectivity index (χ0v) is 12.8. The molecule has 6 heteroatoms. The molecule has 1 N–H and O–H groups in total. The number of aliphatic hydroxyl groups excluding tert-OH is 1. The largest absolute Gasteiger partial charge is 0.388 e. The Balaban J connectivity index is 2.28. The summed E-state index contributed by atoms with van der Waals surface area (Å²) in [7, 11) is 1.75. The molecule has 102 valence electrons. The highest BCUT2D eigenvalue weighted by molar-refractivity contribution is 9.10. The number of aliphatic hydroxyl groups is 1. The summed E-state index contributed by atoms with van der Waals surface area (Å²) >= 11 is 9.30. The van der Waals surface area contributed by atoms with E-state index in [1.54, 1.807) is 30.8 Å². The van der Waals surface area contributed by atoms with Crippen molar-refractivity contribution in [2.75, 3.05) is 0 Å². The molecular weight excluding hydrogens is 335 g/mol. The number of aryl methyl sites for hydroxylation is 2. The summed E-state index contributed by atoms with van der Waals surface area (Å²) < 4.78 is 16.0. The molecule has 2 rings (SSSR count). The summed E-state index contributed by atoms with van der Waals surface area (Å²) in [6.07, 6.45) is -0.741. The van der Waals surface area contributed by atoms with Crippen LogP contribution < -0.4 is 0 Å². The average molecular weight is 348 g/mol. The van der Waals surface area contributed by atoms with Gasteiger partial charge in [-0.3, -0.25) is 4.68 Å². The first-order chi connectivity index (χ1) is 8.90. The fraction of sp³-hybridized carbons (Fsp3) is 0.308. The van der Waals surface area contributed by atoms with Crippen LogP contribution in [0, 0.1) is 12.7 Å². The van der Waals surface area contributed by atoms with Gasteiger partial charge in [-0.2, -0.15) is 5.10 Å². The minimum absolute atomic E-state index is 0.217. The Labute approximate surface area is 124 Å². The molecule has 3 nitrogen and oxygen atoms in total. The number of hydrogen-bond donors (Lipinski definition) is 1. The predicted molar refractivity (Wildman–Crippen MR) is 75.7 cm³/mol. The van der Waals surface area contributed by atoms with E-state index in [0.717, 1.165) is 0 Å². The second kappa shape index (κ2) is 5.61. The van der Waals surface area contributed by atoms with E-state index in [4.69, 9.17) is 11.6 Å². The maximum Gasteiger partial charge on any atom is 0.130 e. The van der Waals surface area contributed by atoms with Crippen molar-refractivity contribution in [2.24, 2.45) is 7.05 Å². The molecule has 0 spiro atoms. The molecule has 0 aliphatic carbocycles. The highest BCUT2D eigenvalue weighted by atomic mass is 79.9. The SMILES string of the molecule is Cc1nn(C)c(CC(O)c2ccc(Br)cc2F)c1Cl. The minimum atomic E-state index is -0.958. The van der Waals surface area contributed by atoms with Gasteiger partial charge in [0.2, 0.25) is 0 Å². The molecule has 2 aromatic rings. The molecule has 0 aliphatic heterocycles. The second-order valence-electron chi connectivity index (χ2n) is 4.36. The first kappa shape index (κ1) is 14.5. The van der Waals surface area contributed by atoms with E-state index in [-0.39, 0.29) is 12.0 Å². The molecule has 19 heavy (non-hydrogen) atoms. The lowest BCUT2D eigenvalue weighted by Crippen LogP contribution is -2.08. The van der Waals surface area contributed by atoms with E-state index in [9.17, 15) is 9.50 Å². The molecule has 0 fully saturated rings. The van der Waals surface area contributed by atoms with Crippen LogP contribution in [-0.2, 0) is 13.5 Å². The van der Waals surface area contributed by atoms with Crippen LogP contribution in [0.5, 0.6) is 0 Å². The standard InChI is InChI=1S/C13H13BrClFN2O/c1-7-13(15)11(18(2)17-7)6-12(19)9-4-3-8(14)5-10(9)16/h3-5,12,19H,6H2,1-2H3. The van der Waals surface area contributed by atoms with Crippen LogP contribution in [-0.4, -0.2) is 14.9 Å². The number of benzene rings is 1. The van der Waals surface area contributed by atoms with Crippen molar-refractivity contribution >= 4 is 27.5 Å². The van der Waals surface area contributed by atoms with E-state index in [2.05, 4.69) is 21.0 Å². The monoisotopic (exact) mass is 346 g/mol. The van der Waals surface area contributed by atoms with Gasteiger partial charge in [0.05, 0.1) is 22.5 Å². The van der Waals surface area contributed by atoms with Crippen molar-refractivity contribution in [2.45, 2.75) is 19.4 Å². The highest BCUT2D eigenvalue weighted by Crippen LogP contribution is 2.27. The van der Waals surface area contributed by atoms with Crippen LogP contribution in [0.2, 0.25) is 5.02 Å². The Bertz CT molecular complexity index is 615. The number of aromatic nitrogens is 2. The van der Waals surface area contributed by atoms with Crippen LogP contribution >= 0.6 is 27.5 Å². The van der Waals surface area contributed by atoms with Crippen molar-refractivity contribution in [1.29, 1.82) is 0 Å². The number of halogens is 3. The Hall–Kier alpha value is -0.910. The Morgan fingerprint density at radius 2 is 2.21 bits per heavy atom. The lowest BCUT2D eigenvalue weighted by atomic mass is 10.0. The average Bonchev–Trinajstić information content (AvgIpc) is 2.56. The van der Waals surface area contributed by atoms with Gasteiger partial charge < -0.3 is 5.11 Å². The van der Waals surface area contributed by atoms with Gasteiger partial charge in [0.15, 0.2) is 0 Å². The number of nitrogens with zero attached hydrogens (tertiary/aromatic N) is 2. The summed E-state index contributed by atoms with van der Waals surface area (Å²) in [4.78, 5) is 0. The van der Waals surface area contributed by atoms with E-state index < -0.39 is 11.9 Å². The third-order valence-electron chi connectivity index (χ3n) is 2.97. The Kier molecular flexibility index (Phi) is 4.28. The number of rotatable bonds is 3. The molecule has 0 radical (unpaired) electrons. The first-order valence-electron chi connectivity index (χ1n) is 5.71. The van der Waals surface area contributed by atoms with Gasteiger partial charge in [-0.15, -0.1) is 0 Å². The molecular formula is C13H13BrClFN2O. The Morgan fingerprint density at radius 1 is 1.53 bits per heavy atom. The van der Waals surface area contributed by atoms with Crippen LogP contribution in [0.25, 0.3) is 0 Å². The topological polar surface area (TPSA) is 38.0 Å². The summed E-state index contributed by atoms with van der Waals surface area (Å²) in [5.41, 5.74) is 1.63. The Morgan fingerprint density at radius 3 is 2.74 bits per heavy atom. The van der Waals surface area contributed by atoms with E-state index in [0.29, 0.717) is 20.9 Å². The van der Waals surface area contributed by atoms with Crippen molar-refractivity contribution in [3.63, 3.8) is 0 Å². The third-order valence-corrected chi connectivity index (χ3v) is 3.95. The smallest absolute Gasteiger partial charge is 0.130 e. The molecule has 1 heterocycles. The van der Waals surface area contributed by atoms with Crippen molar-refractivity contribution in [3.05, 3.63) is 50.5 Å². The second-order valence-corrected chi connectivity index (χ2v) is 5.65. The van der Waals surface area contributed by atoms with E-state index >= 15 is 0 Å². The van der Waals surface area contributed by atoms with Crippen molar-refractivity contribution in [3.8, 4) is 0 Å². The van der Waals surface area contributed by atoms with Gasteiger partial charge in [0, 0.05) is 23.5 Å². The fourth-order valence-corrected chi connectivity index (χ4v) is 2.54. The molecule has 0 aliphatic rings. The summed E-state index contributed by atoms with van der Waals surface area (Å²) in [5, 5.41) is 14.8. The normalized spacial score (nSPS) is 12.7. The molecule has 1 unspecified atom stereocenters. The van der Waals surface area contributed by atoms with Crippen LogP contribution in [0.3, 0.4) is 0 Å². The molecule has 1 atom stereocenters. The number of hydrogen-bond acceptors (Lipinski definition) is 2. The summed E-state index contributed by atoms with van der Waals surface area (Å²) in [6.45, 7) is 1.79. The third kappa shape index (κ3) is 2.99. The predicted octanol–water partition coefficient (Wildman–Crippen LogP) is 3.56. The van der Waals surface area contributed by atoms with Gasteiger partial charge in [0.1, 0.15) is 5.82 Å².